The van der Waals surface area contributed by atoms with E-state index in [4.69, 9.17) is 4.74 Å². The molecule has 0 saturated heterocycles. The van der Waals surface area contributed by atoms with Crippen LogP contribution in [0.25, 0.3) is 11.3 Å². The second kappa shape index (κ2) is 5.50. The fraction of sp³-hybridized carbons (Fsp3) is 0.333. The number of hydrogen-bond acceptors (Lipinski definition) is 4. The zero-order valence-electron chi connectivity index (χ0n) is 11.9. The fourth-order valence-electron chi connectivity index (χ4n) is 1.82. The smallest absolute Gasteiger partial charge is 0.160 e. The zero-order chi connectivity index (χ0) is 14.9. The van der Waals surface area contributed by atoms with Crippen LogP contribution in [-0.2, 0) is 5.60 Å². The number of rotatable bonds is 3. The van der Waals surface area contributed by atoms with E-state index in [1.807, 2.05) is 31.2 Å². The number of aryl methyl sites for hydroxylation is 1. The Hall–Kier alpha value is -1.46. The van der Waals surface area contributed by atoms with Crippen LogP contribution in [0.4, 0.5) is 0 Å². The highest BCUT2D eigenvalue weighted by atomic mass is 79.9. The van der Waals surface area contributed by atoms with E-state index >= 15 is 0 Å². The number of aliphatic hydroxyl groups is 1. The van der Waals surface area contributed by atoms with E-state index in [9.17, 15) is 5.11 Å². The van der Waals surface area contributed by atoms with Gasteiger partial charge in [0.1, 0.15) is 11.4 Å². The largest absolute Gasteiger partial charge is 0.496 e. The minimum absolute atomic E-state index is 0.416. The number of methoxy groups -OCH3 is 1. The summed E-state index contributed by atoms with van der Waals surface area (Å²) in [6.45, 7) is 5.24. The molecule has 1 N–H and O–H groups in total. The van der Waals surface area contributed by atoms with Crippen molar-refractivity contribution in [3.05, 3.63) is 40.3 Å². The number of hydrogen-bond donors (Lipinski definition) is 1. The summed E-state index contributed by atoms with van der Waals surface area (Å²) >= 11 is 3.46. The quantitative estimate of drug-likeness (QED) is 0.932. The molecular formula is C15H17BrN2O2. The fourth-order valence-corrected chi connectivity index (χ4v) is 2.36. The van der Waals surface area contributed by atoms with Crippen molar-refractivity contribution < 1.29 is 9.84 Å². The minimum Gasteiger partial charge on any atom is -0.496 e. The van der Waals surface area contributed by atoms with Crippen LogP contribution >= 0.6 is 15.9 Å². The van der Waals surface area contributed by atoms with E-state index in [-0.39, 0.29) is 0 Å². The Kier molecular flexibility index (Phi) is 4.11. The average Bonchev–Trinajstić information content (AvgIpc) is 2.37. The summed E-state index contributed by atoms with van der Waals surface area (Å²) in [6, 6.07) is 7.64. The van der Waals surface area contributed by atoms with Crippen molar-refractivity contribution in [2.75, 3.05) is 7.11 Å². The molecule has 0 fully saturated rings. The van der Waals surface area contributed by atoms with Crippen molar-refractivity contribution in [3.8, 4) is 17.0 Å². The number of aromatic nitrogens is 2. The van der Waals surface area contributed by atoms with Gasteiger partial charge in [0.05, 0.1) is 17.3 Å². The molecule has 106 valence electrons. The molecule has 4 nitrogen and oxygen atoms in total. The Labute approximate surface area is 127 Å². The van der Waals surface area contributed by atoms with E-state index in [1.165, 1.54) is 0 Å². The van der Waals surface area contributed by atoms with Crippen molar-refractivity contribution >= 4 is 15.9 Å². The lowest BCUT2D eigenvalue weighted by molar-refractivity contribution is 0.0686. The summed E-state index contributed by atoms with van der Waals surface area (Å²) in [5, 5.41) is 10.1. The third-order valence-electron chi connectivity index (χ3n) is 2.85. The molecule has 2 rings (SSSR count). The summed E-state index contributed by atoms with van der Waals surface area (Å²) in [4.78, 5) is 8.74. The van der Waals surface area contributed by atoms with Crippen LogP contribution in [0.5, 0.6) is 5.75 Å². The normalized spacial score (nSPS) is 11.5. The van der Waals surface area contributed by atoms with Gasteiger partial charge in [-0.1, -0.05) is 0 Å². The Balaban J connectivity index is 2.53. The SMILES string of the molecule is COc1ccc(-c2cc(C)nc(C(C)(C)O)n2)cc1Br. The molecule has 1 heterocycles. The Bertz CT molecular complexity index is 636. The summed E-state index contributed by atoms with van der Waals surface area (Å²) in [5.74, 6) is 1.18. The van der Waals surface area contributed by atoms with Gasteiger partial charge in [-0.2, -0.15) is 0 Å². The number of ether oxygens (including phenoxy) is 1. The van der Waals surface area contributed by atoms with Gasteiger partial charge in [-0.15, -0.1) is 0 Å². The summed E-state index contributed by atoms with van der Waals surface area (Å²) < 4.78 is 6.08. The Morgan fingerprint density at radius 3 is 2.45 bits per heavy atom. The van der Waals surface area contributed by atoms with E-state index in [0.717, 1.165) is 27.2 Å². The molecule has 0 unspecified atom stereocenters. The van der Waals surface area contributed by atoms with Crippen LogP contribution in [-0.4, -0.2) is 22.2 Å². The van der Waals surface area contributed by atoms with Gasteiger partial charge in [0.2, 0.25) is 0 Å². The van der Waals surface area contributed by atoms with Gasteiger partial charge in [-0.05, 0) is 61.0 Å². The van der Waals surface area contributed by atoms with E-state index < -0.39 is 5.60 Å². The Morgan fingerprint density at radius 1 is 1.20 bits per heavy atom. The third kappa shape index (κ3) is 3.16. The second-order valence-electron chi connectivity index (χ2n) is 5.13. The van der Waals surface area contributed by atoms with Gasteiger partial charge in [0, 0.05) is 11.3 Å². The Morgan fingerprint density at radius 2 is 1.90 bits per heavy atom. The molecule has 5 heteroatoms. The third-order valence-corrected chi connectivity index (χ3v) is 3.47. The van der Waals surface area contributed by atoms with Crippen molar-refractivity contribution in [1.29, 1.82) is 0 Å². The number of benzene rings is 1. The standard InChI is InChI=1S/C15H17BrN2O2/c1-9-7-12(18-14(17-9)15(2,3)19)10-5-6-13(20-4)11(16)8-10/h5-8,19H,1-4H3. The lowest BCUT2D eigenvalue weighted by atomic mass is 10.1. The van der Waals surface area contributed by atoms with Crippen LogP contribution in [0.3, 0.4) is 0 Å². The molecule has 20 heavy (non-hydrogen) atoms. The zero-order valence-corrected chi connectivity index (χ0v) is 13.5. The van der Waals surface area contributed by atoms with Crippen LogP contribution in [0.2, 0.25) is 0 Å². The molecule has 1 aromatic carbocycles. The lowest BCUT2D eigenvalue weighted by Gasteiger charge is -2.17. The maximum atomic E-state index is 10.1. The molecule has 2 aromatic rings. The molecule has 1 aromatic heterocycles. The van der Waals surface area contributed by atoms with Crippen molar-refractivity contribution in [1.82, 2.24) is 9.97 Å². The molecule has 0 aliphatic rings. The average molecular weight is 337 g/mol. The molecule has 0 radical (unpaired) electrons. The first-order valence-electron chi connectivity index (χ1n) is 6.23. The highest BCUT2D eigenvalue weighted by Gasteiger charge is 2.21. The predicted molar refractivity (Wildman–Crippen MR) is 81.7 cm³/mol. The lowest BCUT2D eigenvalue weighted by Crippen LogP contribution is -2.20. The van der Waals surface area contributed by atoms with Gasteiger partial charge in [-0.3, -0.25) is 0 Å². The molecule has 0 spiro atoms. The van der Waals surface area contributed by atoms with Gasteiger partial charge < -0.3 is 9.84 Å². The highest BCUT2D eigenvalue weighted by Crippen LogP contribution is 2.30. The number of nitrogens with zero attached hydrogens (tertiary/aromatic N) is 2. The van der Waals surface area contributed by atoms with E-state index in [1.54, 1.807) is 21.0 Å². The molecular weight excluding hydrogens is 320 g/mol. The first-order chi connectivity index (χ1) is 9.31. The van der Waals surface area contributed by atoms with Gasteiger partial charge in [-0.25, -0.2) is 9.97 Å². The van der Waals surface area contributed by atoms with Crippen molar-refractivity contribution in [3.63, 3.8) is 0 Å². The topological polar surface area (TPSA) is 55.2 Å². The van der Waals surface area contributed by atoms with Gasteiger partial charge in [0.15, 0.2) is 5.82 Å². The minimum atomic E-state index is -1.07. The van der Waals surface area contributed by atoms with Crippen LogP contribution in [0.1, 0.15) is 25.4 Å². The predicted octanol–water partition coefficient (Wildman–Crippen LogP) is 3.45. The maximum Gasteiger partial charge on any atom is 0.160 e. The monoisotopic (exact) mass is 336 g/mol. The maximum absolute atomic E-state index is 10.1. The second-order valence-corrected chi connectivity index (χ2v) is 5.98. The molecule has 0 aliphatic heterocycles. The molecule has 0 bridgehead atoms. The van der Waals surface area contributed by atoms with Crippen molar-refractivity contribution in [2.45, 2.75) is 26.4 Å². The summed E-state index contributed by atoms with van der Waals surface area (Å²) in [5.41, 5.74) is 1.47. The van der Waals surface area contributed by atoms with Gasteiger partial charge >= 0.3 is 0 Å². The molecule has 0 atom stereocenters. The first kappa shape index (κ1) is 14.9. The van der Waals surface area contributed by atoms with Crippen LogP contribution in [0, 0.1) is 6.92 Å². The molecule has 0 aliphatic carbocycles. The summed E-state index contributed by atoms with van der Waals surface area (Å²) in [7, 11) is 1.63. The van der Waals surface area contributed by atoms with E-state index in [2.05, 4.69) is 25.9 Å². The molecule has 0 amide bonds. The number of halogens is 1. The molecule has 0 saturated carbocycles. The van der Waals surface area contributed by atoms with Crippen LogP contribution < -0.4 is 4.74 Å². The van der Waals surface area contributed by atoms with Gasteiger partial charge in [0.25, 0.3) is 0 Å². The first-order valence-corrected chi connectivity index (χ1v) is 7.03. The van der Waals surface area contributed by atoms with Crippen molar-refractivity contribution in [2.24, 2.45) is 0 Å². The summed E-state index contributed by atoms with van der Waals surface area (Å²) in [6.07, 6.45) is 0. The van der Waals surface area contributed by atoms with Crippen LogP contribution in [0.15, 0.2) is 28.7 Å². The van der Waals surface area contributed by atoms with E-state index in [0.29, 0.717) is 5.82 Å². The highest BCUT2D eigenvalue weighted by molar-refractivity contribution is 9.10.